The summed E-state index contributed by atoms with van der Waals surface area (Å²) in [5, 5.41) is 2.80. The summed E-state index contributed by atoms with van der Waals surface area (Å²) < 4.78 is 19.3. The lowest BCUT2D eigenvalue weighted by Gasteiger charge is -2.24. The highest BCUT2D eigenvalue weighted by Crippen LogP contribution is 2.41. The molecule has 2 aliphatic rings. The van der Waals surface area contributed by atoms with Gasteiger partial charge in [-0.25, -0.2) is 9.38 Å². The van der Waals surface area contributed by atoms with Crippen molar-refractivity contribution in [2.75, 3.05) is 11.9 Å². The molecule has 1 aromatic heterocycles. The number of thioether (sulfide) groups is 1. The summed E-state index contributed by atoms with van der Waals surface area (Å²) in [6, 6.07) is 25.5. The number of halogens is 1. The lowest BCUT2D eigenvalue weighted by molar-refractivity contribution is -0.136. The van der Waals surface area contributed by atoms with Gasteiger partial charge in [0.1, 0.15) is 22.9 Å². The number of rotatable bonds is 8. The molecule has 3 aromatic carbocycles. The number of aliphatic imine (C=N–C) groups is 1. The molecular weight excluding hydrogens is 567 g/mol. The van der Waals surface area contributed by atoms with Crippen molar-refractivity contribution in [2.24, 2.45) is 4.99 Å². The number of carbonyl (C=O) groups excluding carboxylic acids is 3. The number of likely N-dealkylation sites (tertiary alicyclic amines) is 1. The van der Waals surface area contributed by atoms with E-state index in [0.29, 0.717) is 35.3 Å². The number of furan rings is 1. The lowest BCUT2D eigenvalue weighted by Crippen LogP contribution is -2.43. The van der Waals surface area contributed by atoms with Crippen LogP contribution in [0.1, 0.15) is 35.0 Å². The minimum atomic E-state index is -0.576. The van der Waals surface area contributed by atoms with E-state index in [1.807, 2.05) is 30.3 Å². The van der Waals surface area contributed by atoms with Gasteiger partial charge in [0.2, 0.25) is 17.7 Å². The Bertz CT molecular complexity index is 1640. The molecule has 3 amide bonds. The fraction of sp³-hybridized carbons (Fsp3) is 0.212. The Kier molecular flexibility index (Phi) is 8.37. The number of benzene rings is 3. The molecule has 4 aromatic rings. The van der Waals surface area contributed by atoms with Crippen molar-refractivity contribution < 1.29 is 23.2 Å². The van der Waals surface area contributed by atoms with Crippen LogP contribution in [-0.2, 0) is 27.3 Å². The first kappa shape index (κ1) is 28.4. The van der Waals surface area contributed by atoms with Gasteiger partial charge in [-0.15, -0.1) is 0 Å². The normalized spacial score (nSPS) is 19.3. The van der Waals surface area contributed by atoms with Gasteiger partial charge in [-0.05, 0) is 66.4 Å². The minimum Gasteiger partial charge on any atom is -0.467 e. The number of amides is 3. The van der Waals surface area contributed by atoms with Crippen LogP contribution in [0.3, 0.4) is 0 Å². The molecule has 2 fully saturated rings. The lowest BCUT2D eigenvalue weighted by atomic mass is 10.1. The van der Waals surface area contributed by atoms with Gasteiger partial charge >= 0.3 is 0 Å². The SMILES string of the molecule is O=C(Nc1ccc(C2SC(=Nc3cccc(F)c3)N(Cc3ccco3)C2=O)cc1)[C@@H]1CCCN1C(=O)Cc1ccccc1. The summed E-state index contributed by atoms with van der Waals surface area (Å²) in [6.07, 6.45) is 3.18. The number of amidine groups is 1. The van der Waals surface area contributed by atoms with E-state index in [2.05, 4.69) is 10.3 Å². The predicted octanol–water partition coefficient (Wildman–Crippen LogP) is 6.10. The Labute approximate surface area is 252 Å². The number of carbonyl (C=O) groups is 3. The van der Waals surface area contributed by atoms with E-state index in [-0.39, 0.29) is 30.7 Å². The molecule has 0 aliphatic carbocycles. The van der Waals surface area contributed by atoms with Crippen LogP contribution in [0.4, 0.5) is 15.8 Å². The number of hydrogen-bond acceptors (Lipinski definition) is 6. The fourth-order valence-electron chi connectivity index (χ4n) is 5.29. The first-order valence-corrected chi connectivity index (χ1v) is 14.9. The Morgan fingerprint density at radius 2 is 1.81 bits per heavy atom. The highest BCUT2D eigenvalue weighted by atomic mass is 32.2. The Hall–Kier alpha value is -4.70. The second kappa shape index (κ2) is 12.7. The highest BCUT2D eigenvalue weighted by molar-refractivity contribution is 8.15. The molecule has 0 bridgehead atoms. The molecule has 218 valence electrons. The number of nitrogens with zero attached hydrogens (tertiary/aromatic N) is 3. The molecule has 0 radical (unpaired) electrons. The second-order valence-electron chi connectivity index (χ2n) is 10.4. The van der Waals surface area contributed by atoms with Crippen molar-refractivity contribution in [1.82, 2.24) is 9.80 Å². The Morgan fingerprint density at radius 3 is 2.56 bits per heavy atom. The third-order valence-electron chi connectivity index (χ3n) is 7.43. The largest absolute Gasteiger partial charge is 0.467 e. The quantitative estimate of drug-likeness (QED) is 0.266. The maximum Gasteiger partial charge on any atom is 0.247 e. The van der Waals surface area contributed by atoms with E-state index in [1.165, 1.54) is 28.8 Å². The molecule has 3 heterocycles. The van der Waals surface area contributed by atoms with E-state index in [4.69, 9.17) is 4.42 Å². The summed E-state index contributed by atoms with van der Waals surface area (Å²) in [6.45, 7) is 0.746. The predicted molar refractivity (Wildman–Crippen MR) is 163 cm³/mol. The van der Waals surface area contributed by atoms with E-state index < -0.39 is 17.1 Å². The van der Waals surface area contributed by atoms with Crippen molar-refractivity contribution in [1.29, 1.82) is 0 Å². The summed E-state index contributed by atoms with van der Waals surface area (Å²) in [5.41, 5.74) is 2.64. The van der Waals surface area contributed by atoms with Gasteiger partial charge < -0.3 is 14.6 Å². The van der Waals surface area contributed by atoms with Crippen molar-refractivity contribution >= 4 is 46.0 Å². The van der Waals surface area contributed by atoms with Crippen LogP contribution >= 0.6 is 11.8 Å². The molecule has 10 heteroatoms. The maximum absolute atomic E-state index is 13.8. The van der Waals surface area contributed by atoms with Crippen LogP contribution in [0, 0.1) is 5.82 Å². The zero-order valence-electron chi connectivity index (χ0n) is 23.2. The summed E-state index contributed by atoms with van der Waals surface area (Å²) >= 11 is 1.28. The molecule has 8 nitrogen and oxygen atoms in total. The zero-order valence-corrected chi connectivity index (χ0v) is 24.0. The smallest absolute Gasteiger partial charge is 0.247 e. The van der Waals surface area contributed by atoms with E-state index in [9.17, 15) is 18.8 Å². The van der Waals surface area contributed by atoms with Gasteiger partial charge in [0, 0.05) is 12.2 Å². The van der Waals surface area contributed by atoms with Crippen molar-refractivity contribution in [3.05, 3.63) is 120 Å². The molecule has 2 atom stereocenters. The Morgan fingerprint density at radius 1 is 1.00 bits per heavy atom. The monoisotopic (exact) mass is 596 g/mol. The molecule has 6 rings (SSSR count). The van der Waals surface area contributed by atoms with Crippen LogP contribution in [-0.4, -0.2) is 45.3 Å². The third-order valence-corrected chi connectivity index (χ3v) is 8.66. The van der Waals surface area contributed by atoms with Crippen LogP contribution in [0.15, 0.2) is 107 Å². The van der Waals surface area contributed by atoms with Crippen molar-refractivity contribution in [2.45, 2.75) is 37.1 Å². The van der Waals surface area contributed by atoms with E-state index in [1.54, 1.807) is 59.7 Å². The number of nitrogens with one attached hydrogen (secondary N) is 1. The van der Waals surface area contributed by atoms with E-state index in [0.717, 1.165) is 17.5 Å². The van der Waals surface area contributed by atoms with Gasteiger partial charge in [0.05, 0.1) is 24.9 Å². The molecule has 43 heavy (non-hydrogen) atoms. The van der Waals surface area contributed by atoms with Crippen LogP contribution < -0.4 is 5.32 Å². The topological polar surface area (TPSA) is 95.2 Å². The first-order chi connectivity index (χ1) is 20.9. The fourth-order valence-corrected chi connectivity index (χ4v) is 6.46. The average Bonchev–Trinajstić information content (AvgIpc) is 3.77. The molecule has 2 saturated heterocycles. The van der Waals surface area contributed by atoms with Gasteiger partial charge in [0.25, 0.3) is 0 Å². The van der Waals surface area contributed by atoms with Crippen LogP contribution in [0.25, 0.3) is 0 Å². The molecule has 0 spiro atoms. The molecule has 0 saturated carbocycles. The average molecular weight is 597 g/mol. The van der Waals surface area contributed by atoms with Crippen LogP contribution in [0.2, 0.25) is 0 Å². The maximum atomic E-state index is 13.8. The van der Waals surface area contributed by atoms with E-state index >= 15 is 0 Å². The van der Waals surface area contributed by atoms with Crippen molar-refractivity contribution in [3.63, 3.8) is 0 Å². The minimum absolute atomic E-state index is 0.0641. The second-order valence-corrected chi connectivity index (χ2v) is 11.5. The van der Waals surface area contributed by atoms with Gasteiger partial charge in [-0.2, -0.15) is 0 Å². The standard InChI is InChI=1S/C33H29FN4O4S/c34-24-9-4-10-26(20-24)36-33-38(21-27-11-6-18-42-27)32(41)30(43-33)23-13-15-25(16-14-23)35-31(40)28-12-5-17-37(28)29(39)19-22-7-2-1-3-8-22/h1-4,6-11,13-16,18,20,28,30H,5,12,17,19,21H2,(H,35,40)/t28-,30?/m0/s1. The molecule has 2 aliphatic heterocycles. The summed E-state index contributed by atoms with van der Waals surface area (Å²) in [5.74, 6) is -0.281. The number of hydrogen-bond donors (Lipinski definition) is 1. The third kappa shape index (κ3) is 6.54. The Balaban J connectivity index is 1.15. The summed E-state index contributed by atoms with van der Waals surface area (Å²) in [4.78, 5) is 47.5. The zero-order chi connectivity index (χ0) is 29.8. The van der Waals surface area contributed by atoms with Crippen molar-refractivity contribution in [3.8, 4) is 0 Å². The molecule has 1 N–H and O–H groups in total. The molecule has 1 unspecified atom stereocenters. The highest BCUT2D eigenvalue weighted by Gasteiger charge is 2.40. The summed E-state index contributed by atoms with van der Waals surface area (Å²) in [7, 11) is 0. The van der Waals surface area contributed by atoms with Gasteiger partial charge in [-0.3, -0.25) is 19.3 Å². The number of anilines is 1. The first-order valence-electron chi connectivity index (χ1n) is 14.0. The van der Waals surface area contributed by atoms with Gasteiger partial charge in [0.15, 0.2) is 5.17 Å². The van der Waals surface area contributed by atoms with Crippen LogP contribution in [0.5, 0.6) is 0 Å². The van der Waals surface area contributed by atoms with Gasteiger partial charge in [-0.1, -0.05) is 60.3 Å². The molecular formula is C33H29FN4O4S.